The third kappa shape index (κ3) is 27.6. The van der Waals surface area contributed by atoms with Gasteiger partial charge in [0.2, 0.25) is 11.8 Å². The summed E-state index contributed by atoms with van der Waals surface area (Å²) in [6, 6.07) is 46.8. The molecule has 24 nitrogen and oxygen atoms in total. The number of hydrogen-bond donors (Lipinski definition) is 2. The van der Waals surface area contributed by atoms with E-state index in [4.69, 9.17) is 25.0 Å². The second kappa shape index (κ2) is 49.7. The van der Waals surface area contributed by atoms with Gasteiger partial charge in [-0.2, -0.15) is 0 Å². The summed E-state index contributed by atoms with van der Waals surface area (Å²) in [7, 11) is 0. The Morgan fingerprint density at radius 2 is 0.756 bits per heavy atom. The highest BCUT2D eigenvalue weighted by atomic mass is 16.6. The van der Waals surface area contributed by atoms with Crippen LogP contribution in [0.5, 0.6) is 0 Å². The monoisotopic (exact) mass is 1680 g/mol. The van der Waals surface area contributed by atoms with Crippen molar-refractivity contribution in [3.8, 4) is 56.2 Å². The topological polar surface area (TPSA) is 321 Å². The molecule has 8 aromatic rings. The van der Waals surface area contributed by atoms with Crippen LogP contribution in [0.1, 0.15) is 274 Å². The van der Waals surface area contributed by atoms with E-state index in [1.807, 2.05) is 154 Å². The minimum absolute atomic E-state index is 0.00968. The fourth-order valence-electron chi connectivity index (χ4n) is 16.3. The Labute approximate surface area is 723 Å². The predicted molar refractivity (Wildman–Crippen MR) is 476 cm³/mol. The molecule has 2 aromatic heterocycles. The average Bonchev–Trinajstić information content (AvgIpc) is 1.70. The van der Waals surface area contributed by atoms with Crippen molar-refractivity contribution in [2.24, 2.45) is 5.73 Å². The van der Waals surface area contributed by atoms with Gasteiger partial charge in [-0.15, -0.1) is 10.2 Å². The molecule has 0 bridgehead atoms. The predicted octanol–water partition coefficient (Wildman–Crippen LogP) is 19.0. The molecule has 1 aliphatic carbocycles. The molecule has 0 saturated heterocycles. The number of aryl methyl sites for hydroxylation is 2. The number of amides is 3. The van der Waals surface area contributed by atoms with Crippen LogP contribution in [-0.4, -0.2) is 126 Å². The molecule has 24 heteroatoms. The van der Waals surface area contributed by atoms with Crippen molar-refractivity contribution in [1.82, 2.24) is 35.3 Å². The summed E-state index contributed by atoms with van der Waals surface area (Å²) in [4.78, 5) is 142. The molecule has 2 aliphatic heterocycles. The number of benzene rings is 6. The van der Waals surface area contributed by atoms with E-state index in [2.05, 4.69) is 45.1 Å². The Morgan fingerprint density at radius 3 is 1.22 bits per heavy atom. The van der Waals surface area contributed by atoms with Crippen LogP contribution < -0.4 is 20.9 Å². The van der Waals surface area contributed by atoms with Gasteiger partial charge in [-0.3, -0.25) is 47.9 Å². The number of nitrogens with one attached hydrogen (secondary N) is 1. The van der Waals surface area contributed by atoms with E-state index in [-0.39, 0.29) is 96.7 Å². The number of anilines is 2. The highest BCUT2D eigenvalue weighted by Gasteiger charge is 2.34. The first kappa shape index (κ1) is 94.0. The smallest absolute Gasteiger partial charge is 0.407 e. The molecule has 0 spiro atoms. The fourth-order valence-corrected chi connectivity index (χ4v) is 16.3. The number of esters is 2. The molecule has 3 aliphatic rings. The zero-order valence-corrected chi connectivity index (χ0v) is 72.5. The number of nitrogens with two attached hydrogens (primary N) is 1. The number of fused-ring (bicyclic) bond motifs is 13. The lowest BCUT2D eigenvalue weighted by Crippen LogP contribution is -2.41. The molecule has 0 fully saturated rings. The Kier molecular flexibility index (Phi) is 38.0. The average molecular weight is 1680 g/mol. The molecule has 0 radical (unpaired) electrons. The number of para-hydroxylation sites is 2. The summed E-state index contributed by atoms with van der Waals surface area (Å²) >= 11 is 0. The highest BCUT2D eigenvalue weighted by molar-refractivity contribution is 6.02. The maximum absolute atomic E-state index is 14.0. The van der Waals surface area contributed by atoms with Gasteiger partial charge in [-0.1, -0.05) is 210 Å². The maximum atomic E-state index is 14.0. The number of unbranched alkanes of at least 4 members (excludes halogenated alkanes) is 12. The van der Waals surface area contributed by atoms with E-state index < -0.39 is 18.2 Å². The molecule has 2 atom stereocenters. The Morgan fingerprint density at radius 1 is 0.382 bits per heavy atom. The van der Waals surface area contributed by atoms with Crippen LogP contribution in [0.15, 0.2) is 146 Å². The third-order valence-corrected chi connectivity index (χ3v) is 23.5. The lowest BCUT2D eigenvalue weighted by atomic mass is 9.95. The van der Waals surface area contributed by atoms with E-state index in [9.17, 15) is 52.7 Å². The van der Waals surface area contributed by atoms with Crippen LogP contribution in [0.2, 0.25) is 0 Å². The normalized spacial score (nSPS) is 12.7. The van der Waals surface area contributed by atoms with Gasteiger partial charge in [-0.25, -0.2) is 14.2 Å². The molecule has 654 valence electrons. The van der Waals surface area contributed by atoms with Crippen molar-refractivity contribution in [1.29, 1.82) is 0 Å². The molecule has 2 unspecified atom stereocenters. The first-order chi connectivity index (χ1) is 59.9. The van der Waals surface area contributed by atoms with Gasteiger partial charge < -0.3 is 35.1 Å². The lowest BCUT2D eigenvalue weighted by molar-refractivity contribution is -0.145. The van der Waals surface area contributed by atoms with Gasteiger partial charge in [-0.05, 0) is 135 Å². The Hall–Kier alpha value is -11.3. The maximum Gasteiger partial charge on any atom is 0.407 e. The van der Waals surface area contributed by atoms with Crippen LogP contribution in [0, 0.1) is 0 Å². The lowest BCUT2D eigenvalue weighted by Gasteiger charge is -2.29. The van der Waals surface area contributed by atoms with E-state index in [0.717, 1.165) is 154 Å². The van der Waals surface area contributed by atoms with Crippen molar-refractivity contribution in [2.45, 2.75) is 290 Å². The van der Waals surface area contributed by atoms with E-state index in [1.165, 1.54) is 0 Å². The Balaban J connectivity index is 0.000000268. The number of hydrogen-bond acceptors (Lipinski definition) is 19. The number of ether oxygens (including phenoxy) is 3. The zero-order chi connectivity index (χ0) is 87.2. The zero-order valence-electron chi connectivity index (χ0n) is 72.5. The van der Waals surface area contributed by atoms with Gasteiger partial charge in [0.15, 0.2) is 5.78 Å². The largest absolute Gasteiger partial charge is 0.466 e. The summed E-state index contributed by atoms with van der Waals surface area (Å²) in [6.45, 7) is 9.97. The van der Waals surface area contributed by atoms with Crippen molar-refractivity contribution in [2.75, 3.05) is 29.6 Å². The molecular formula is C99H124N10O14. The summed E-state index contributed by atoms with van der Waals surface area (Å²) in [5, 5.41) is 21.6. The molecule has 123 heavy (non-hydrogen) atoms. The van der Waals surface area contributed by atoms with Gasteiger partial charge in [0, 0.05) is 118 Å². The van der Waals surface area contributed by atoms with E-state index >= 15 is 0 Å². The number of alkyl carbamates (subject to hydrolysis) is 1. The van der Waals surface area contributed by atoms with Gasteiger partial charge in [0.05, 0.1) is 74.0 Å². The first-order valence-corrected chi connectivity index (χ1v) is 45.0. The van der Waals surface area contributed by atoms with Crippen LogP contribution >= 0.6 is 0 Å². The second-order valence-corrected chi connectivity index (χ2v) is 32.3. The summed E-state index contributed by atoms with van der Waals surface area (Å²) in [6.07, 6.45) is 19.0. The van der Waals surface area contributed by atoms with Crippen LogP contribution in [-0.2, 0) is 88.3 Å². The molecule has 6 aromatic carbocycles. The molecule has 11 rings (SSSR count). The molecule has 3 N–H and O–H groups in total. The number of carbonyl (C=O) groups excluding carboxylic acids is 11. The first-order valence-electron chi connectivity index (χ1n) is 45.0. The summed E-state index contributed by atoms with van der Waals surface area (Å²) < 4.78 is 20.2. The molecule has 3 amide bonds. The number of ketones is 6. The second-order valence-electron chi connectivity index (χ2n) is 32.3. The minimum atomic E-state index is -0.752. The van der Waals surface area contributed by atoms with Gasteiger partial charge in [0.25, 0.3) is 0 Å². The highest BCUT2D eigenvalue weighted by Crippen LogP contribution is 2.46. The van der Waals surface area contributed by atoms with E-state index in [1.54, 1.807) is 13.8 Å². The third-order valence-electron chi connectivity index (χ3n) is 23.5. The summed E-state index contributed by atoms with van der Waals surface area (Å²) in [5.74, 6) is -0.205. The van der Waals surface area contributed by atoms with Crippen molar-refractivity contribution in [3.05, 3.63) is 168 Å². The van der Waals surface area contributed by atoms with Crippen molar-refractivity contribution >= 4 is 75.9 Å². The van der Waals surface area contributed by atoms with Crippen LogP contribution in [0.25, 0.3) is 56.2 Å². The van der Waals surface area contributed by atoms with Gasteiger partial charge in [0.1, 0.15) is 46.9 Å². The number of rotatable bonds is 51. The molecular weight excluding hydrogens is 1550 g/mol. The SMILES string of the molecule is CCC(=O)CCCCC(=O)N1Cc2ccccc2-c2nnn(CCCCC(N)C(=O)CCCCCCCOC(=O)CCC(=O)CC)c2-c2ccccc21.CCC(=O)CCCCC(=O)N1Cc2ccccc2-c2nnn(CCCCC(NC(=O)OCC3c4ccccc4-c4ccccc43)C(=O)CCCCCCCOC(=O)CCC(=O)CC)c2-c2ccccc21. The molecule has 4 heterocycles. The summed E-state index contributed by atoms with van der Waals surface area (Å²) in [5.41, 5.74) is 21.1. The number of carbonyl (C=O) groups is 11. The van der Waals surface area contributed by atoms with Crippen LogP contribution in [0.4, 0.5) is 16.2 Å². The molecule has 0 saturated carbocycles. The number of nitrogens with zero attached hydrogens (tertiary/aromatic N) is 8. The minimum Gasteiger partial charge on any atom is -0.466 e. The van der Waals surface area contributed by atoms with Crippen LogP contribution in [0.3, 0.4) is 0 Å². The standard InChI is InChI=1S/C57H67N5O8.C42H57N5O6/c1-3-41(63)23-10-18-33-53(66)61-38-40-22-9-11-24-43(40)55-56(48-29-16-17-31-51(48)61)62(60-59-55)36-20-19-30-50(52(65)32-8-6-5-7-21-37-69-54(67)35-34-42(64)4-2)58-57(68)70-39-49-46-27-14-12-25-44(46)45-26-13-15-28-47(45)49;1-3-32(48)19-10-14-25-39(51)46-30-31-18-9-11-20-34(31)41-42(35-21-12-13-23-37(35)46)47(45-44-41)28-16-15-22-36(43)38(50)24-8-6-5-7-17-29-53-40(52)27-26-33(49)4-2/h9,11-17,22,24-29,31,49-50H,3-8,10,18-21,23,30,32-39H2,1-2H3,(H,58,68);9,11-13,18,20-21,23,36H,3-8,10,14-17,19,22,24-30,43H2,1-2H3. The van der Waals surface area contributed by atoms with Crippen molar-refractivity contribution < 1.29 is 67.0 Å². The Bertz CT molecular complexity index is 4850. The van der Waals surface area contributed by atoms with E-state index in [0.29, 0.717) is 168 Å². The van der Waals surface area contributed by atoms with Crippen molar-refractivity contribution in [3.63, 3.8) is 0 Å². The quantitative estimate of drug-likeness (QED) is 0.0203. The number of aromatic nitrogens is 6. The van der Waals surface area contributed by atoms with Gasteiger partial charge >= 0.3 is 18.0 Å². The number of Topliss-reactive ketones (excluding diaryl/α,β-unsaturated/α-hetero) is 6. The fraction of sp³-hybridized carbons (Fsp3) is 0.485.